The second kappa shape index (κ2) is 8.75. The van der Waals surface area contributed by atoms with Crippen LogP contribution in [0, 0.1) is 12.7 Å². The average molecular weight is 459 g/mol. The molecule has 0 radical (unpaired) electrons. The lowest BCUT2D eigenvalue weighted by atomic mass is 10.1. The second-order valence-corrected chi connectivity index (χ2v) is 8.27. The Morgan fingerprint density at radius 3 is 2.56 bits per heavy atom. The largest absolute Gasteiger partial charge is 0.395 e. The number of hydrogen-bond donors (Lipinski definition) is 1. The Labute approximate surface area is 188 Å². The van der Waals surface area contributed by atoms with Crippen molar-refractivity contribution in [2.45, 2.75) is 33.4 Å². The molecule has 1 aromatic carbocycles. The fraction of sp³-hybridized carbons (Fsp3) is 0.381. The average Bonchev–Trinajstić information content (AvgIpc) is 3.36. The fourth-order valence-electron chi connectivity index (χ4n) is 3.94. The molecule has 2 amide bonds. The highest BCUT2D eigenvalue weighted by atomic mass is 32.1. The summed E-state index contributed by atoms with van der Waals surface area (Å²) in [4.78, 5) is 37.8. The monoisotopic (exact) mass is 458 g/mol. The molecule has 1 N–H and O–H groups in total. The van der Waals surface area contributed by atoms with Crippen LogP contribution in [0.2, 0.25) is 0 Å². The van der Waals surface area contributed by atoms with E-state index in [-0.39, 0.29) is 25.0 Å². The van der Waals surface area contributed by atoms with Gasteiger partial charge in [-0.25, -0.2) is 14.4 Å². The predicted octanol–water partition coefficient (Wildman–Crippen LogP) is 2.41. The molecule has 0 saturated carbocycles. The number of rotatable bonds is 5. The molecule has 11 heteroatoms. The first-order chi connectivity index (χ1) is 15.3. The van der Waals surface area contributed by atoms with Crippen LogP contribution in [0.4, 0.5) is 10.2 Å². The Morgan fingerprint density at radius 1 is 1.25 bits per heavy atom. The number of amides is 2. The zero-order valence-electron chi connectivity index (χ0n) is 17.9. The van der Waals surface area contributed by atoms with Crippen LogP contribution in [-0.2, 0) is 11.3 Å². The molecule has 0 fully saturated rings. The summed E-state index contributed by atoms with van der Waals surface area (Å²) in [6, 6.07) is 5.01. The van der Waals surface area contributed by atoms with Crippen LogP contribution in [-0.4, -0.2) is 60.4 Å². The zero-order chi connectivity index (χ0) is 23.0. The molecule has 1 aliphatic heterocycles. The highest BCUT2D eigenvalue weighted by molar-refractivity contribution is 7.09. The van der Waals surface area contributed by atoms with E-state index in [2.05, 4.69) is 9.36 Å². The predicted molar refractivity (Wildman–Crippen MR) is 117 cm³/mol. The van der Waals surface area contributed by atoms with Crippen molar-refractivity contribution >= 4 is 29.2 Å². The summed E-state index contributed by atoms with van der Waals surface area (Å²) < 4.78 is 19.5. The van der Waals surface area contributed by atoms with E-state index in [9.17, 15) is 19.1 Å². The van der Waals surface area contributed by atoms with Gasteiger partial charge in [0.25, 0.3) is 5.91 Å². The Bertz CT molecular complexity index is 1160. The summed E-state index contributed by atoms with van der Waals surface area (Å²) in [5, 5.41) is 10.1. The van der Waals surface area contributed by atoms with E-state index in [0.29, 0.717) is 46.8 Å². The number of imidazole rings is 1. The van der Waals surface area contributed by atoms with Gasteiger partial charge >= 0.3 is 0 Å². The number of fused-ring (bicyclic) bond motifs is 1. The van der Waals surface area contributed by atoms with Crippen molar-refractivity contribution < 1.29 is 19.1 Å². The molecule has 32 heavy (non-hydrogen) atoms. The number of carbonyl (C=O) groups is 2. The van der Waals surface area contributed by atoms with E-state index in [0.717, 1.165) is 0 Å². The topological polar surface area (TPSA) is 104 Å². The maximum Gasteiger partial charge on any atom is 0.254 e. The molecule has 168 valence electrons. The molecule has 0 bridgehead atoms. The first kappa shape index (κ1) is 22.0. The number of benzene rings is 1. The Balaban J connectivity index is 1.80. The van der Waals surface area contributed by atoms with Crippen molar-refractivity contribution in [1.29, 1.82) is 0 Å². The normalized spacial score (nSPS) is 15.5. The van der Waals surface area contributed by atoms with Crippen molar-refractivity contribution in [2.75, 3.05) is 24.6 Å². The minimum absolute atomic E-state index is 0.0760. The third-order valence-electron chi connectivity index (χ3n) is 5.45. The van der Waals surface area contributed by atoms with Crippen LogP contribution in [0.25, 0.3) is 10.8 Å². The van der Waals surface area contributed by atoms with Crippen LogP contribution < -0.4 is 4.90 Å². The number of aromatic nitrogens is 4. The van der Waals surface area contributed by atoms with Crippen LogP contribution in [0.15, 0.2) is 24.3 Å². The molecular formula is C21H23FN6O3S. The lowest BCUT2D eigenvalue weighted by Gasteiger charge is -2.36. The number of hydrogen-bond acceptors (Lipinski definition) is 7. The van der Waals surface area contributed by atoms with Gasteiger partial charge in [0.15, 0.2) is 16.6 Å². The minimum Gasteiger partial charge on any atom is -0.395 e. The Kier molecular flexibility index (Phi) is 6.02. The highest BCUT2D eigenvalue weighted by Crippen LogP contribution is 2.38. The summed E-state index contributed by atoms with van der Waals surface area (Å²) in [6.45, 7) is 5.76. The standard InChI is InChI=1S/C21H23FN6O3S/c1-12-17-18(27(10-11-29)14(3)30)24-19(20-23-13(2)25-32-20)28(17)9-8-26(12)21(31)15-4-6-16(22)7-5-15/h4-7,12,29H,8-11H2,1-3H3/t12-/m1/s1. The van der Waals surface area contributed by atoms with Gasteiger partial charge in [-0.1, -0.05) is 0 Å². The fourth-order valence-corrected chi connectivity index (χ4v) is 4.61. The molecule has 0 saturated heterocycles. The number of aliphatic hydroxyl groups excluding tert-OH is 1. The zero-order valence-corrected chi connectivity index (χ0v) is 18.8. The molecule has 9 nitrogen and oxygen atoms in total. The highest BCUT2D eigenvalue weighted by Gasteiger charge is 2.36. The summed E-state index contributed by atoms with van der Waals surface area (Å²) in [7, 11) is 0. The van der Waals surface area contributed by atoms with Gasteiger partial charge in [-0.3, -0.25) is 14.5 Å². The van der Waals surface area contributed by atoms with Crippen LogP contribution in [0.3, 0.4) is 0 Å². The number of aryl methyl sites for hydroxylation is 1. The molecule has 4 rings (SSSR count). The van der Waals surface area contributed by atoms with Crippen LogP contribution in [0.5, 0.6) is 0 Å². The van der Waals surface area contributed by atoms with E-state index in [1.54, 1.807) is 11.8 Å². The van der Waals surface area contributed by atoms with Gasteiger partial charge in [0, 0.05) is 25.6 Å². The number of aliphatic hydroxyl groups is 1. The number of carbonyl (C=O) groups excluding carboxylic acids is 2. The molecule has 1 atom stereocenters. The van der Waals surface area contributed by atoms with E-state index < -0.39 is 11.9 Å². The van der Waals surface area contributed by atoms with Gasteiger partial charge in [0.2, 0.25) is 5.91 Å². The summed E-state index contributed by atoms with van der Waals surface area (Å²) >= 11 is 1.22. The van der Waals surface area contributed by atoms with Gasteiger partial charge in [0.1, 0.15) is 11.6 Å². The van der Waals surface area contributed by atoms with Crippen molar-refractivity contribution in [1.82, 2.24) is 23.8 Å². The van der Waals surface area contributed by atoms with Crippen LogP contribution >= 0.6 is 11.5 Å². The van der Waals surface area contributed by atoms with E-state index >= 15 is 0 Å². The van der Waals surface area contributed by atoms with E-state index in [1.807, 2.05) is 11.5 Å². The van der Waals surface area contributed by atoms with E-state index in [4.69, 9.17) is 4.98 Å². The maximum atomic E-state index is 13.3. The third kappa shape index (κ3) is 3.89. The quantitative estimate of drug-likeness (QED) is 0.630. The summed E-state index contributed by atoms with van der Waals surface area (Å²) in [6.07, 6.45) is 0. The lowest BCUT2D eigenvalue weighted by molar-refractivity contribution is -0.116. The van der Waals surface area contributed by atoms with Crippen molar-refractivity contribution in [3.05, 3.63) is 47.2 Å². The summed E-state index contributed by atoms with van der Waals surface area (Å²) in [5.74, 6) is 0.672. The molecule has 1 aliphatic rings. The smallest absolute Gasteiger partial charge is 0.254 e. The summed E-state index contributed by atoms with van der Waals surface area (Å²) in [5.41, 5.74) is 1.06. The van der Waals surface area contributed by atoms with Crippen molar-refractivity contribution in [3.63, 3.8) is 0 Å². The van der Waals surface area contributed by atoms with Crippen molar-refractivity contribution in [3.8, 4) is 10.8 Å². The molecular weight excluding hydrogens is 435 g/mol. The Morgan fingerprint density at radius 2 is 1.97 bits per heavy atom. The number of nitrogens with zero attached hydrogens (tertiary/aromatic N) is 6. The lowest BCUT2D eigenvalue weighted by Crippen LogP contribution is -2.42. The number of halogens is 1. The molecule has 2 aromatic heterocycles. The minimum atomic E-state index is -0.424. The molecule has 0 aliphatic carbocycles. The van der Waals surface area contributed by atoms with Crippen LogP contribution in [0.1, 0.15) is 41.8 Å². The van der Waals surface area contributed by atoms with E-state index in [1.165, 1.54) is 47.6 Å². The van der Waals surface area contributed by atoms with Gasteiger partial charge in [-0.05, 0) is 49.6 Å². The first-order valence-electron chi connectivity index (χ1n) is 10.2. The van der Waals surface area contributed by atoms with Crippen molar-refractivity contribution in [2.24, 2.45) is 0 Å². The Hall–Kier alpha value is -3.18. The van der Waals surface area contributed by atoms with Gasteiger partial charge < -0.3 is 14.6 Å². The van der Waals surface area contributed by atoms with Gasteiger partial charge in [-0.15, -0.1) is 0 Å². The van der Waals surface area contributed by atoms with Gasteiger partial charge in [0.05, 0.1) is 24.9 Å². The second-order valence-electron chi connectivity index (χ2n) is 7.52. The SMILES string of the molecule is CC(=O)N(CCO)c1nc(-c2nc(C)ns2)n2c1[C@@H](C)N(C(=O)c1ccc(F)cc1)CC2. The maximum absolute atomic E-state index is 13.3. The number of anilines is 1. The molecule has 3 aromatic rings. The van der Waals surface area contributed by atoms with Gasteiger partial charge in [-0.2, -0.15) is 4.37 Å². The first-order valence-corrected chi connectivity index (χ1v) is 11.0. The molecule has 3 heterocycles. The molecule has 0 unspecified atom stereocenters. The molecule has 0 spiro atoms. The third-order valence-corrected chi connectivity index (χ3v) is 6.25.